The molecule has 0 radical (unpaired) electrons. The van der Waals surface area contributed by atoms with E-state index >= 15 is 0 Å². The molecule has 0 aliphatic rings. The average molecular weight is 1330 g/mol. The van der Waals surface area contributed by atoms with Crippen molar-refractivity contribution in [1.82, 2.24) is 19.1 Å². The summed E-state index contributed by atoms with van der Waals surface area (Å²) in [7, 11) is 0. The molecule has 0 atom stereocenters. The first-order valence-corrected chi connectivity index (χ1v) is 35.2. The SMILES string of the molecule is c1ccc(-c2cccc(-c3ccc4c(c3)c3cc(-c5cccc(-c6ccccc6)c5)ccc3n4-c3ccc(-c4nc5ccccc5o4)cc3)c2)cc1.c1ccc(-c2ccccc2-c2ccc3c(c2)c2cc(-c4ccccc4-c4ccccc4)ccc2n3-c2ccc(-c3nc4ccccc4o3)cc2)cc1. The van der Waals surface area contributed by atoms with Gasteiger partial charge in [-0.05, 0) is 222 Å². The fourth-order valence-electron chi connectivity index (χ4n) is 15.0. The van der Waals surface area contributed by atoms with E-state index < -0.39 is 0 Å². The number of fused-ring (bicyclic) bond motifs is 8. The quantitative estimate of drug-likeness (QED) is 0.122. The van der Waals surface area contributed by atoms with Gasteiger partial charge in [-0.3, -0.25) is 0 Å². The first-order chi connectivity index (χ1) is 51.5. The van der Waals surface area contributed by atoms with Crippen LogP contribution >= 0.6 is 0 Å². The molecule has 0 saturated carbocycles. The van der Waals surface area contributed by atoms with Crippen LogP contribution in [0.4, 0.5) is 0 Å². The number of hydrogen-bond acceptors (Lipinski definition) is 4. The van der Waals surface area contributed by atoms with Crippen LogP contribution in [0.15, 0.2) is 397 Å². The summed E-state index contributed by atoms with van der Waals surface area (Å²) in [5.74, 6) is 1.25. The van der Waals surface area contributed by atoms with Crippen LogP contribution in [0, 0.1) is 0 Å². The number of aromatic nitrogens is 4. The summed E-state index contributed by atoms with van der Waals surface area (Å²) in [5.41, 5.74) is 31.2. The molecule has 6 nitrogen and oxygen atoms in total. The second-order valence-electron chi connectivity index (χ2n) is 26.4. The molecule has 6 heteroatoms. The van der Waals surface area contributed by atoms with Gasteiger partial charge in [-0.1, -0.05) is 255 Å². The van der Waals surface area contributed by atoms with Crippen LogP contribution in [-0.2, 0) is 0 Å². The second kappa shape index (κ2) is 26.3. The Balaban J connectivity index is 0.000000143. The Morgan fingerprint density at radius 3 is 0.798 bits per heavy atom. The van der Waals surface area contributed by atoms with Crippen LogP contribution in [0.25, 0.3) is 189 Å². The zero-order valence-corrected chi connectivity index (χ0v) is 56.6. The van der Waals surface area contributed by atoms with Crippen LogP contribution in [0.3, 0.4) is 0 Å². The fraction of sp³-hybridized carbons (Fsp3) is 0. The molecule has 0 saturated heterocycles. The molecule has 0 amide bonds. The standard InChI is InChI=1S/2C49H32N2O/c1-3-13-33(14-4-1)39-17-7-9-19-41(39)36-25-29-46-43(31-36)44-32-37(42-20-10-8-18-40(42)34-15-5-2-6-16-34)26-30-47(44)51(46)38-27-23-35(24-28-38)49-50-45-21-11-12-22-48(45)52-49;1-3-11-33(12-4-1)36-15-9-17-38(29-36)40-23-27-46-43(31-40)44-32-41(39-18-10-16-37(30-39)34-13-5-2-6-14-34)24-28-47(44)51(46)42-25-21-35(22-26-42)49-50-45-19-7-8-20-48(45)52-49/h2*1-32H. The third-order valence-corrected chi connectivity index (χ3v) is 20.1. The number of oxazole rings is 2. The van der Waals surface area contributed by atoms with Gasteiger partial charge in [0.2, 0.25) is 11.8 Å². The zero-order chi connectivity index (χ0) is 68.9. The number of benzene rings is 16. The van der Waals surface area contributed by atoms with Gasteiger partial charge >= 0.3 is 0 Å². The Morgan fingerprint density at radius 2 is 0.442 bits per heavy atom. The van der Waals surface area contributed by atoms with Crippen molar-refractivity contribution in [1.29, 1.82) is 0 Å². The van der Waals surface area contributed by atoms with Gasteiger partial charge in [0.1, 0.15) is 11.0 Å². The molecular weight excluding hydrogens is 1270 g/mol. The Morgan fingerprint density at radius 1 is 0.183 bits per heavy atom. The number of hydrogen-bond donors (Lipinski definition) is 0. The molecule has 4 aromatic heterocycles. The van der Waals surface area contributed by atoms with Crippen molar-refractivity contribution in [3.05, 3.63) is 388 Å². The summed E-state index contributed by atoms with van der Waals surface area (Å²) in [5, 5.41) is 4.83. The molecule has 4 heterocycles. The van der Waals surface area contributed by atoms with Crippen LogP contribution in [-0.4, -0.2) is 19.1 Å². The summed E-state index contributed by atoms with van der Waals surface area (Å²) < 4.78 is 16.9. The highest BCUT2D eigenvalue weighted by Gasteiger charge is 2.21. The summed E-state index contributed by atoms with van der Waals surface area (Å²) in [6.07, 6.45) is 0. The van der Waals surface area contributed by atoms with Gasteiger partial charge in [-0.15, -0.1) is 0 Å². The summed E-state index contributed by atoms with van der Waals surface area (Å²) >= 11 is 0. The average Bonchev–Trinajstić information content (AvgIpc) is 1.58. The molecule has 0 fully saturated rings. The van der Waals surface area contributed by atoms with Crippen molar-refractivity contribution >= 4 is 65.8 Å². The normalized spacial score (nSPS) is 11.5. The minimum absolute atomic E-state index is 0.624. The number of para-hydroxylation sites is 4. The van der Waals surface area contributed by atoms with Crippen molar-refractivity contribution in [2.24, 2.45) is 0 Å². The predicted octanol–water partition coefficient (Wildman–Crippen LogP) is 26.5. The van der Waals surface area contributed by atoms with Gasteiger partial charge in [0.15, 0.2) is 11.2 Å². The molecule has 0 bridgehead atoms. The Kier molecular flexibility index (Phi) is 15.5. The molecule has 20 rings (SSSR count). The Bertz CT molecular complexity index is 6220. The van der Waals surface area contributed by atoms with E-state index in [1.54, 1.807) is 0 Å². The lowest BCUT2D eigenvalue weighted by atomic mass is 9.92. The lowest BCUT2D eigenvalue weighted by molar-refractivity contribution is 0.619. The van der Waals surface area contributed by atoms with Crippen LogP contribution in [0.5, 0.6) is 0 Å². The van der Waals surface area contributed by atoms with Gasteiger partial charge in [-0.25, -0.2) is 9.97 Å². The topological polar surface area (TPSA) is 61.9 Å². The maximum absolute atomic E-state index is 6.10. The molecule has 104 heavy (non-hydrogen) atoms. The third kappa shape index (κ3) is 11.4. The molecule has 488 valence electrons. The van der Waals surface area contributed by atoms with E-state index in [1.165, 1.54) is 111 Å². The van der Waals surface area contributed by atoms with Gasteiger partial charge in [0.25, 0.3) is 0 Å². The maximum Gasteiger partial charge on any atom is 0.227 e. The number of rotatable bonds is 12. The van der Waals surface area contributed by atoms with Gasteiger partial charge in [-0.2, -0.15) is 0 Å². The molecule has 0 aliphatic carbocycles. The highest BCUT2D eigenvalue weighted by Crippen LogP contribution is 2.44. The van der Waals surface area contributed by atoms with Gasteiger partial charge in [0, 0.05) is 44.0 Å². The molecule has 0 spiro atoms. The van der Waals surface area contributed by atoms with E-state index in [-0.39, 0.29) is 0 Å². The first kappa shape index (κ1) is 61.2. The minimum Gasteiger partial charge on any atom is -0.436 e. The van der Waals surface area contributed by atoms with Crippen molar-refractivity contribution in [3.8, 4) is 123 Å². The van der Waals surface area contributed by atoms with Crippen LogP contribution in [0.1, 0.15) is 0 Å². The van der Waals surface area contributed by atoms with Gasteiger partial charge in [0.05, 0.1) is 22.1 Å². The first-order valence-electron chi connectivity index (χ1n) is 35.2. The van der Waals surface area contributed by atoms with Crippen molar-refractivity contribution in [3.63, 3.8) is 0 Å². The minimum atomic E-state index is 0.624. The van der Waals surface area contributed by atoms with E-state index in [0.717, 1.165) is 66.8 Å². The molecule has 0 N–H and O–H groups in total. The van der Waals surface area contributed by atoms with E-state index in [0.29, 0.717) is 11.8 Å². The zero-order valence-electron chi connectivity index (χ0n) is 56.6. The van der Waals surface area contributed by atoms with E-state index in [2.05, 4.69) is 349 Å². The molecule has 16 aromatic carbocycles. The van der Waals surface area contributed by atoms with Gasteiger partial charge < -0.3 is 18.0 Å². The highest BCUT2D eigenvalue weighted by atomic mass is 16.4. The molecule has 20 aromatic rings. The monoisotopic (exact) mass is 1330 g/mol. The van der Waals surface area contributed by atoms with E-state index in [1.807, 2.05) is 48.5 Å². The van der Waals surface area contributed by atoms with E-state index in [9.17, 15) is 0 Å². The second-order valence-corrected chi connectivity index (χ2v) is 26.4. The molecule has 0 aliphatic heterocycles. The van der Waals surface area contributed by atoms with Crippen LogP contribution in [0.2, 0.25) is 0 Å². The fourth-order valence-corrected chi connectivity index (χ4v) is 15.0. The molecular formula is C98H64N4O2. The third-order valence-electron chi connectivity index (χ3n) is 20.1. The predicted molar refractivity (Wildman–Crippen MR) is 431 cm³/mol. The summed E-state index contributed by atoms with van der Waals surface area (Å²) in [6.45, 7) is 0. The van der Waals surface area contributed by atoms with Crippen molar-refractivity contribution in [2.45, 2.75) is 0 Å². The van der Waals surface area contributed by atoms with E-state index in [4.69, 9.17) is 18.8 Å². The summed E-state index contributed by atoms with van der Waals surface area (Å²) in [6, 6.07) is 138. The Labute approximate surface area is 601 Å². The van der Waals surface area contributed by atoms with Crippen molar-refractivity contribution < 1.29 is 8.83 Å². The largest absolute Gasteiger partial charge is 0.436 e. The lowest BCUT2D eigenvalue weighted by Crippen LogP contribution is -1.94. The molecule has 0 unspecified atom stereocenters. The Hall–Kier alpha value is -13.9. The highest BCUT2D eigenvalue weighted by molar-refractivity contribution is 6.14. The van der Waals surface area contributed by atoms with Crippen LogP contribution < -0.4 is 0 Å². The van der Waals surface area contributed by atoms with Crippen molar-refractivity contribution in [2.75, 3.05) is 0 Å². The lowest BCUT2D eigenvalue weighted by Gasteiger charge is -2.12. The summed E-state index contributed by atoms with van der Waals surface area (Å²) in [4.78, 5) is 9.47. The number of nitrogens with zero attached hydrogens (tertiary/aromatic N) is 4. The smallest absolute Gasteiger partial charge is 0.227 e. The maximum atomic E-state index is 6.10.